The molecule has 0 radical (unpaired) electrons. The van der Waals surface area contributed by atoms with Crippen molar-refractivity contribution in [3.05, 3.63) is 53.6 Å². The number of rotatable bonds is 5. The maximum Gasteiger partial charge on any atom is 0.343 e. The fourth-order valence-corrected chi connectivity index (χ4v) is 4.73. The molecule has 2 aromatic carbocycles. The van der Waals surface area contributed by atoms with Gasteiger partial charge in [0.05, 0.1) is 17.6 Å². The van der Waals surface area contributed by atoms with E-state index in [0.717, 1.165) is 31.2 Å². The lowest BCUT2D eigenvalue weighted by molar-refractivity contribution is 0.0729. The van der Waals surface area contributed by atoms with Crippen LogP contribution >= 0.6 is 0 Å². The van der Waals surface area contributed by atoms with Crippen LogP contribution in [0.5, 0.6) is 11.5 Å². The zero-order valence-electron chi connectivity index (χ0n) is 16.2. The van der Waals surface area contributed by atoms with Gasteiger partial charge >= 0.3 is 5.97 Å². The number of aryl methyl sites for hydroxylation is 1. The fraction of sp³-hybridized carbons (Fsp3) is 0.381. The molecule has 0 amide bonds. The van der Waals surface area contributed by atoms with Gasteiger partial charge in [0.25, 0.3) is 0 Å². The van der Waals surface area contributed by atoms with Crippen LogP contribution < -0.4 is 9.47 Å². The minimum Gasteiger partial charge on any atom is -0.493 e. The van der Waals surface area contributed by atoms with E-state index in [0.29, 0.717) is 24.6 Å². The smallest absolute Gasteiger partial charge is 0.343 e. The third-order valence-electron chi connectivity index (χ3n) is 4.81. The number of carbonyl (C=O) groups is 1. The van der Waals surface area contributed by atoms with Gasteiger partial charge in [0.15, 0.2) is 11.5 Å². The normalized spacial score (nSPS) is 15.6. The van der Waals surface area contributed by atoms with Crippen molar-refractivity contribution in [3.8, 4) is 11.5 Å². The first kappa shape index (κ1) is 20.4. The van der Waals surface area contributed by atoms with E-state index in [9.17, 15) is 13.2 Å². The van der Waals surface area contributed by atoms with Crippen molar-refractivity contribution in [3.63, 3.8) is 0 Å². The summed E-state index contributed by atoms with van der Waals surface area (Å²) in [6, 6.07) is 11.2. The van der Waals surface area contributed by atoms with Gasteiger partial charge in [0.2, 0.25) is 10.0 Å². The summed E-state index contributed by atoms with van der Waals surface area (Å²) in [5.74, 6) is 0.217. The highest BCUT2D eigenvalue weighted by Crippen LogP contribution is 2.29. The van der Waals surface area contributed by atoms with E-state index in [2.05, 4.69) is 0 Å². The zero-order valence-corrected chi connectivity index (χ0v) is 17.0. The van der Waals surface area contributed by atoms with Crippen LogP contribution in [0.15, 0.2) is 47.4 Å². The quantitative estimate of drug-likeness (QED) is 0.561. The van der Waals surface area contributed by atoms with Gasteiger partial charge < -0.3 is 9.47 Å². The fourth-order valence-electron chi connectivity index (χ4n) is 3.21. The van der Waals surface area contributed by atoms with Crippen molar-refractivity contribution in [2.75, 3.05) is 20.2 Å². The SMILES string of the molecule is COc1cc(C)ccc1OC(=O)c1ccc(S(=O)(=O)N2CCCCCC2)cc1. The van der Waals surface area contributed by atoms with Crippen LogP contribution in [0, 0.1) is 6.92 Å². The monoisotopic (exact) mass is 403 g/mol. The van der Waals surface area contributed by atoms with Gasteiger partial charge in [-0.05, 0) is 61.7 Å². The highest BCUT2D eigenvalue weighted by Gasteiger charge is 2.25. The molecule has 1 fully saturated rings. The van der Waals surface area contributed by atoms with Crippen LogP contribution in [-0.4, -0.2) is 38.9 Å². The summed E-state index contributed by atoms with van der Waals surface area (Å²) in [5, 5.41) is 0. The van der Waals surface area contributed by atoms with Crippen LogP contribution in [0.3, 0.4) is 0 Å². The Bertz CT molecular complexity index is 930. The summed E-state index contributed by atoms with van der Waals surface area (Å²) in [7, 11) is -2.03. The summed E-state index contributed by atoms with van der Waals surface area (Å²) < 4.78 is 37.8. The molecule has 3 rings (SSSR count). The molecular weight excluding hydrogens is 378 g/mol. The Hall–Kier alpha value is -2.38. The Labute approximate surface area is 166 Å². The Balaban J connectivity index is 1.76. The van der Waals surface area contributed by atoms with E-state index < -0.39 is 16.0 Å². The Morgan fingerprint density at radius 2 is 1.57 bits per heavy atom. The number of ether oxygens (including phenoxy) is 2. The number of methoxy groups -OCH3 is 1. The van der Waals surface area contributed by atoms with Crippen LogP contribution in [0.4, 0.5) is 0 Å². The van der Waals surface area contributed by atoms with E-state index in [4.69, 9.17) is 9.47 Å². The van der Waals surface area contributed by atoms with Crippen LogP contribution in [0.1, 0.15) is 41.6 Å². The van der Waals surface area contributed by atoms with E-state index >= 15 is 0 Å². The molecule has 0 N–H and O–H groups in total. The Kier molecular flexibility index (Phi) is 6.36. The number of hydrogen-bond acceptors (Lipinski definition) is 5. The molecule has 1 saturated heterocycles. The highest BCUT2D eigenvalue weighted by molar-refractivity contribution is 7.89. The van der Waals surface area contributed by atoms with Crippen molar-refractivity contribution in [2.24, 2.45) is 0 Å². The Morgan fingerprint density at radius 1 is 0.929 bits per heavy atom. The van der Waals surface area contributed by atoms with Crippen molar-refractivity contribution >= 4 is 16.0 Å². The molecule has 0 spiro atoms. The first-order valence-electron chi connectivity index (χ1n) is 9.39. The maximum absolute atomic E-state index is 12.8. The highest BCUT2D eigenvalue weighted by atomic mass is 32.2. The number of benzene rings is 2. The molecule has 2 aromatic rings. The van der Waals surface area contributed by atoms with Gasteiger partial charge in [-0.15, -0.1) is 0 Å². The van der Waals surface area contributed by atoms with Crippen molar-refractivity contribution in [2.45, 2.75) is 37.5 Å². The standard InChI is InChI=1S/C21H25NO5S/c1-16-7-12-19(20(15-16)26-2)27-21(23)17-8-10-18(11-9-17)28(24,25)22-13-5-3-4-6-14-22/h7-12,15H,3-6,13-14H2,1-2H3. The second kappa shape index (κ2) is 8.75. The minimum atomic E-state index is -3.54. The maximum atomic E-state index is 12.8. The lowest BCUT2D eigenvalue weighted by Gasteiger charge is -2.20. The van der Waals surface area contributed by atoms with E-state index in [1.807, 2.05) is 13.0 Å². The lowest BCUT2D eigenvalue weighted by Crippen LogP contribution is -2.31. The molecular formula is C21H25NO5S. The number of hydrogen-bond donors (Lipinski definition) is 0. The summed E-state index contributed by atoms with van der Waals surface area (Å²) in [6.45, 7) is 3.00. The number of sulfonamides is 1. The van der Waals surface area contributed by atoms with Crippen molar-refractivity contribution in [1.29, 1.82) is 0 Å². The third kappa shape index (κ3) is 4.54. The summed E-state index contributed by atoms with van der Waals surface area (Å²) in [5.41, 5.74) is 1.26. The zero-order chi connectivity index (χ0) is 20.1. The molecule has 7 heteroatoms. The molecule has 1 aliphatic rings. The summed E-state index contributed by atoms with van der Waals surface area (Å²) >= 11 is 0. The molecule has 28 heavy (non-hydrogen) atoms. The van der Waals surface area contributed by atoms with E-state index in [1.54, 1.807) is 12.1 Å². The second-order valence-electron chi connectivity index (χ2n) is 6.89. The van der Waals surface area contributed by atoms with Crippen molar-refractivity contribution < 1.29 is 22.7 Å². The Morgan fingerprint density at radius 3 is 2.18 bits per heavy atom. The molecule has 0 aliphatic carbocycles. The molecule has 0 bridgehead atoms. The molecule has 0 unspecified atom stereocenters. The molecule has 1 aliphatic heterocycles. The van der Waals surface area contributed by atoms with Gasteiger partial charge in [-0.25, -0.2) is 13.2 Å². The summed E-state index contributed by atoms with van der Waals surface area (Å²) in [6.07, 6.45) is 3.86. The van der Waals surface area contributed by atoms with Gasteiger partial charge in [0, 0.05) is 13.1 Å². The predicted octanol–water partition coefficient (Wildman–Crippen LogP) is 3.79. The molecule has 150 valence electrons. The summed E-state index contributed by atoms with van der Waals surface area (Å²) in [4.78, 5) is 12.6. The van der Waals surface area contributed by atoms with E-state index in [1.165, 1.54) is 35.7 Å². The second-order valence-corrected chi connectivity index (χ2v) is 8.82. The average molecular weight is 404 g/mol. The van der Waals surface area contributed by atoms with Gasteiger partial charge in [-0.2, -0.15) is 4.31 Å². The molecule has 6 nitrogen and oxygen atoms in total. The molecule has 0 saturated carbocycles. The first-order chi connectivity index (χ1) is 13.4. The topological polar surface area (TPSA) is 72.9 Å². The minimum absolute atomic E-state index is 0.193. The molecule has 0 atom stereocenters. The van der Waals surface area contributed by atoms with Crippen LogP contribution in [0.2, 0.25) is 0 Å². The van der Waals surface area contributed by atoms with Gasteiger partial charge in [-0.1, -0.05) is 18.9 Å². The number of esters is 1. The third-order valence-corrected chi connectivity index (χ3v) is 6.73. The largest absolute Gasteiger partial charge is 0.493 e. The van der Waals surface area contributed by atoms with E-state index in [-0.39, 0.29) is 10.5 Å². The predicted molar refractivity (Wildman–Crippen MR) is 106 cm³/mol. The number of nitrogens with zero attached hydrogens (tertiary/aromatic N) is 1. The average Bonchev–Trinajstić information content (AvgIpc) is 2.99. The number of carbonyl (C=O) groups excluding carboxylic acids is 1. The molecule has 1 heterocycles. The first-order valence-corrected chi connectivity index (χ1v) is 10.8. The van der Waals surface area contributed by atoms with Gasteiger partial charge in [-0.3, -0.25) is 0 Å². The van der Waals surface area contributed by atoms with Crippen LogP contribution in [0.25, 0.3) is 0 Å². The van der Waals surface area contributed by atoms with Crippen LogP contribution in [-0.2, 0) is 10.0 Å². The lowest BCUT2D eigenvalue weighted by atomic mass is 10.2. The molecule has 0 aromatic heterocycles. The van der Waals surface area contributed by atoms with Crippen molar-refractivity contribution in [1.82, 2.24) is 4.31 Å². The van der Waals surface area contributed by atoms with Gasteiger partial charge in [0.1, 0.15) is 0 Å².